The van der Waals surface area contributed by atoms with Gasteiger partial charge in [-0.2, -0.15) is 0 Å². The predicted octanol–water partition coefficient (Wildman–Crippen LogP) is 4.30. The lowest BCUT2D eigenvalue weighted by Gasteiger charge is -2.34. The fourth-order valence-corrected chi connectivity index (χ4v) is 7.77. The van der Waals surface area contributed by atoms with Gasteiger partial charge in [0, 0.05) is 19.5 Å². The maximum absolute atomic E-state index is 4.86. The highest BCUT2D eigenvalue weighted by Crippen LogP contribution is 2.35. The molecule has 0 aromatic heterocycles. The Hall–Kier alpha value is 0.468. The van der Waals surface area contributed by atoms with Crippen LogP contribution in [0.1, 0.15) is 55.4 Å². The summed E-state index contributed by atoms with van der Waals surface area (Å²) in [4.78, 5) is 0. The van der Waals surface area contributed by atoms with Gasteiger partial charge in [-0.25, -0.2) is 0 Å². The van der Waals surface area contributed by atoms with E-state index >= 15 is 0 Å². The maximum atomic E-state index is 4.86. The van der Waals surface area contributed by atoms with Gasteiger partial charge in [-0.1, -0.05) is 55.4 Å². The minimum atomic E-state index is -1.84. The van der Waals surface area contributed by atoms with Gasteiger partial charge in [0.1, 0.15) is 0 Å². The summed E-state index contributed by atoms with van der Waals surface area (Å²) in [7, 11) is 4.33. The normalized spacial score (nSPS) is 14.8. The van der Waals surface area contributed by atoms with Gasteiger partial charge >= 0.3 is 0 Å². The summed E-state index contributed by atoms with van der Waals surface area (Å²) in [5.74, 6) is 0. The third kappa shape index (κ3) is 3.98. The number of nitrogens with zero attached hydrogens (tertiary/aromatic N) is 2. The molecule has 0 rings (SSSR count). The van der Waals surface area contributed by atoms with Crippen molar-refractivity contribution in [3.05, 3.63) is 0 Å². The lowest BCUT2D eigenvalue weighted by Crippen LogP contribution is -2.44. The molecule has 0 saturated heterocycles. The van der Waals surface area contributed by atoms with E-state index < -0.39 is 15.5 Å². The first kappa shape index (κ1) is 18.5. The Kier molecular flexibility index (Phi) is 6.94. The van der Waals surface area contributed by atoms with E-state index in [0.29, 0.717) is 22.2 Å². The van der Waals surface area contributed by atoms with Crippen LogP contribution in [0.3, 0.4) is 0 Å². The summed E-state index contributed by atoms with van der Waals surface area (Å²) in [5, 5.41) is 0. The van der Waals surface area contributed by atoms with Gasteiger partial charge in [0.05, 0.1) is 0 Å². The molecule has 0 aliphatic heterocycles. The average molecular weight is 313 g/mol. The minimum absolute atomic E-state index is 0.558. The van der Waals surface area contributed by atoms with E-state index in [1.165, 1.54) is 0 Å². The lowest BCUT2D eigenvalue weighted by atomic mass is 10.5. The largest absolute Gasteiger partial charge is 0.252 e. The van der Waals surface area contributed by atoms with Crippen LogP contribution in [0.15, 0.2) is 9.56 Å². The second-order valence-corrected chi connectivity index (χ2v) is 19.6. The maximum Gasteiger partial charge on any atom is 0.192 e. The first-order chi connectivity index (χ1) is 7.98. The van der Waals surface area contributed by atoms with E-state index in [9.17, 15) is 0 Å². The van der Waals surface area contributed by atoms with Gasteiger partial charge in [-0.15, -0.1) is 0 Å². The lowest BCUT2D eigenvalue weighted by molar-refractivity contribution is 0.884. The van der Waals surface area contributed by atoms with Crippen molar-refractivity contribution in [3.8, 4) is 0 Å². The van der Waals surface area contributed by atoms with Crippen molar-refractivity contribution in [3.63, 3.8) is 0 Å². The zero-order valence-electron chi connectivity index (χ0n) is 13.2. The average Bonchev–Trinajstić information content (AvgIpc) is 2.23. The highest BCUT2D eigenvalue weighted by molar-refractivity contribution is 7.19. The first-order valence-electron chi connectivity index (χ1n) is 6.92. The highest BCUT2D eigenvalue weighted by Gasteiger charge is 2.40. The summed E-state index contributed by atoms with van der Waals surface area (Å²) < 4.78 is 9.72. The molecule has 0 fully saturated rings. The quantitative estimate of drug-likeness (QED) is 0.516. The van der Waals surface area contributed by atoms with Gasteiger partial charge in [0.2, 0.25) is 0 Å². The van der Waals surface area contributed by atoms with E-state index in [2.05, 4.69) is 74.9 Å². The number of rotatable bonds is 6. The predicted molar refractivity (Wildman–Crippen MR) is 88.3 cm³/mol. The van der Waals surface area contributed by atoms with Crippen LogP contribution in [0.2, 0.25) is 22.2 Å². The molecule has 18 heavy (non-hydrogen) atoms. The number of hydrogen-bond donors (Lipinski definition) is 0. The molecule has 0 bridgehead atoms. The van der Waals surface area contributed by atoms with E-state index in [4.69, 9.17) is 9.56 Å². The van der Waals surface area contributed by atoms with Gasteiger partial charge in [-0.3, -0.25) is 9.56 Å². The fourth-order valence-electron chi connectivity index (χ4n) is 1.96. The molecular weight excluding hydrogens is 284 g/mol. The molecule has 0 spiro atoms. The van der Waals surface area contributed by atoms with Gasteiger partial charge in [-0.05, 0) is 22.2 Å². The molecule has 102 valence electrons. The summed E-state index contributed by atoms with van der Waals surface area (Å²) in [6.45, 7) is 18.0. The van der Waals surface area contributed by atoms with E-state index in [1.807, 2.05) is 0 Å². The van der Waals surface area contributed by atoms with E-state index in [-0.39, 0.29) is 0 Å². The molecule has 0 amide bonds. The molecule has 0 atom stereocenters. The number of hydrogen-bond acceptors (Lipinski definition) is 2. The van der Waals surface area contributed by atoms with Gasteiger partial charge in [0.15, 0.2) is 15.5 Å². The molecule has 0 aliphatic rings. The Labute approximate surface area is 122 Å². The van der Waals surface area contributed by atoms with Crippen LogP contribution in [-0.4, -0.2) is 35.0 Å². The van der Waals surface area contributed by atoms with Crippen molar-refractivity contribution in [1.82, 2.24) is 0 Å². The molecule has 0 aromatic carbocycles. The fraction of sp³-hybridized carbons (Fsp3) is 1.00. The first-order valence-corrected chi connectivity index (χ1v) is 14.1. The van der Waals surface area contributed by atoms with Crippen molar-refractivity contribution in [1.29, 1.82) is 0 Å². The van der Waals surface area contributed by atoms with Crippen molar-refractivity contribution < 1.29 is 0 Å². The Bertz CT molecular complexity index is 244. The van der Waals surface area contributed by atoms with Crippen molar-refractivity contribution in [2.24, 2.45) is 9.56 Å². The van der Waals surface area contributed by atoms with Crippen molar-refractivity contribution in [2.75, 3.05) is 0 Å². The van der Waals surface area contributed by atoms with Crippen LogP contribution in [0.5, 0.6) is 0 Å². The third-order valence-electron chi connectivity index (χ3n) is 3.90. The Morgan fingerprint density at radius 1 is 0.556 bits per heavy atom. The summed E-state index contributed by atoms with van der Waals surface area (Å²) in [6, 6.07) is 0. The molecule has 2 nitrogen and oxygen atoms in total. The summed E-state index contributed by atoms with van der Waals surface area (Å²) >= 11 is 0. The second kappa shape index (κ2) is 6.76. The molecule has 6 heteroatoms. The van der Waals surface area contributed by atoms with Gasteiger partial charge in [0.25, 0.3) is 0 Å². The van der Waals surface area contributed by atoms with Crippen molar-refractivity contribution >= 4 is 35.0 Å². The molecule has 0 unspecified atom stereocenters. The van der Waals surface area contributed by atoms with Crippen LogP contribution in [0, 0.1) is 0 Å². The standard InChI is InChI=1S/C12H28N2Si4/c1-9(2)17(15,10(3)4)13-14-18(16,11(5)6)12(7)8/h9-12H,1-8H3/b14-13+. The van der Waals surface area contributed by atoms with Crippen molar-refractivity contribution in [2.45, 2.75) is 77.6 Å². The summed E-state index contributed by atoms with van der Waals surface area (Å²) in [6.07, 6.45) is 0. The molecule has 6 radical (unpaired) electrons. The third-order valence-corrected chi connectivity index (χ3v) is 19.5. The second-order valence-electron chi connectivity index (χ2n) is 6.47. The van der Waals surface area contributed by atoms with Crippen LogP contribution >= 0.6 is 0 Å². The van der Waals surface area contributed by atoms with Crippen LogP contribution in [0.25, 0.3) is 0 Å². The van der Waals surface area contributed by atoms with Crippen LogP contribution < -0.4 is 0 Å². The SMILES string of the molecule is CC(C)[Si]([Si])(/N=N/[Si]([Si])(C(C)C)C(C)C)C(C)C. The molecular formula is C12H28N2Si4. The molecule has 0 heterocycles. The topological polar surface area (TPSA) is 24.7 Å². The smallest absolute Gasteiger partial charge is 0.192 e. The minimum Gasteiger partial charge on any atom is -0.252 e. The summed E-state index contributed by atoms with van der Waals surface area (Å²) in [5.41, 5.74) is 2.23. The Morgan fingerprint density at radius 2 is 0.722 bits per heavy atom. The zero-order chi connectivity index (χ0) is 14.7. The van der Waals surface area contributed by atoms with E-state index in [1.54, 1.807) is 0 Å². The highest BCUT2D eigenvalue weighted by atomic mass is 29.2. The Balaban J connectivity index is 5.32. The van der Waals surface area contributed by atoms with Gasteiger partial charge < -0.3 is 0 Å². The van der Waals surface area contributed by atoms with Crippen LogP contribution in [-0.2, 0) is 0 Å². The van der Waals surface area contributed by atoms with Crippen LogP contribution in [0.4, 0.5) is 0 Å². The molecule has 0 N–H and O–H groups in total. The Morgan fingerprint density at radius 3 is 0.833 bits per heavy atom. The van der Waals surface area contributed by atoms with E-state index in [0.717, 1.165) is 0 Å². The monoisotopic (exact) mass is 312 g/mol. The molecule has 0 saturated carbocycles. The zero-order valence-corrected chi connectivity index (χ0v) is 17.2. The molecule has 0 aromatic rings. The molecule has 0 aliphatic carbocycles.